The number of alkyl halides is 15. The largest absolute Gasteiger partial charge is 0.475 e. The van der Waals surface area contributed by atoms with Crippen LogP contribution < -0.4 is 0 Å². The van der Waals surface area contributed by atoms with Gasteiger partial charge in [-0.25, -0.2) is 9.53 Å². The predicted octanol–water partition coefficient (Wildman–Crippen LogP) is 4.58. The zero-order chi connectivity index (χ0) is 22.5. The minimum absolute atomic E-state index is 1.43. The average molecular weight is 463 g/mol. The minimum Gasteiger partial charge on any atom is -0.475 e. The fraction of sp³-hybridized carbons (Fsp3) is 0.875. The third-order valence-corrected chi connectivity index (χ3v) is 2.47. The maximum atomic E-state index is 13.4. The van der Waals surface area contributed by atoms with Crippen LogP contribution in [0.15, 0.2) is 0 Å². The van der Waals surface area contributed by atoms with E-state index in [2.05, 4.69) is 11.6 Å². The van der Waals surface area contributed by atoms with E-state index in [4.69, 9.17) is 5.11 Å². The van der Waals surface area contributed by atoms with Crippen LogP contribution in [-0.2, 0) is 14.3 Å². The van der Waals surface area contributed by atoms with Crippen LogP contribution in [0.4, 0.5) is 61.5 Å². The monoisotopic (exact) mass is 462 g/mol. The minimum atomic E-state index is -7.69. The molecule has 27 heavy (non-hydrogen) atoms. The van der Waals surface area contributed by atoms with Crippen molar-refractivity contribution in [1.29, 1.82) is 0 Å². The fourth-order valence-electron chi connectivity index (χ4n) is 0.958. The first-order valence-corrected chi connectivity index (χ1v) is 5.71. The van der Waals surface area contributed by atoms with Gasteiger partial charge in [0.05, 0.1) is 0 Å². The molecule has 19 heteroatoms. The molecule has 162 valence electrons. The fourth-order valence-corrected chi connectivity index (χ4v) is 1.07. The van der Waals surface area contributed by atoms with Gasteiger partial charge in [-0.3, -0.25) is 4.74 Å². The van der Waals surface area contributed by atoms with Crippen LogP contribution in [0, 0.1) is 0 Å². The van der Waals surface area contributed by atoms with Gasteiger partial charge < -0.3 is 5.11 Å². The summed E-state index contributed by atoms with van der Waals surface area (Å²) in [6.07, 6.45) is -29.1. The number of carbonyl (C=O) groups is 1. The second kappa shape index (κ2) is 6.64. The van der Waals surface area contributed by atoms with Gasteiger partial charge in [-0.2, -0.15) is 61.5 Å². The Morgan fingerprint density at radius 2 is 1.07 bits per heavy atom. The van der Waals surface area contributed by atoms with E-state index < -0.39 is 47.6 Å². The number of hydrogen-bond acceptors (Lipinski definition) is 3. The standard InChI is InChI=1S/C8HClF14O4/c9-5(15,16)3(12,13)7(20,21)27-4(14,6(17,18)19)8(22,23)26-2(10,11)1(24)25/h(H,24,25). The van der Waals surface area contributed by atoms with Crippen molar-refractivity contribution < 1.29 is 80.8 Å². The molecule has 0 bridgehead atoms. The van der Waals surface area contributed by atoms with Crippen LogP contribution >= 0.6 is 11.6 Å². The zero-order valence-corrected chi connectivity index (χ0v) is 12.1. The first-order valence-electron chi connectivity index (χ1n) is 5.33. The Labute approximate surface area is 141 Å². The van der Waals surface area contributed by atoms with Gasteiger partial charge >= 0.3 is 47.6 Å². The van der Waals surface area contributed by atoms with E-state index in [9.17, 15) is 66.3 Å². The molecule has 1 unspecified atom stereocenters. The lowest BCUT2D eigenvalue weighted by Crippen LogP contribution is -2.66. The number of aliphatic carboxylic acids is 1. The molecule has 0 saturated heterocycles. The van der Waals surface area contributed by atoms with Gasteiger partial charge in [0, 0.05) is 0 Å². The summed E-state index contributed by atoms with van der Waals surface area (Å²) in [6.45, 7) is 0. The molecule has 0 aliphatic heterocycles. The summed E-state index contributed by atoms with van der Waals surface area (Å²) in [4.78, 5) is 9.81. The molecule has 0 spiro atoms. The molecule has 0 rings (SSSR count). The van der Waals surface area contributed by atoms with Crippen LogP contribution in [0.1, 0.15) is 0 Å². The molecule has 0 radical (unpaired) electrons. The Kier molecular flexibility index (Phi) is 6.32. The summed E-state index contributed by atoms with van der Waals surface area (Å²) in [5, 5.41) is 1.18. The first-order chi connectivity index (χ1) is 11.4. The molecule has 1 atom stereocenters. The summed E-state index contributed by atoms with van der Waals surface area (Å²) < 4.78 is 180. The van der Waals surface area contributed by atoms with Crippen molar-refractivity contribution in [3.63, 3.8) is 0 Å². The van der Waals surface area contributed by atoms with Crippen molar-refractivity contribution in [2.24, 2.45) is 0 Å². The van der Waals surface area contributed by atoms with Crippen molar-refractivity contribution in [2.45, 2.75) is 41.7 Å². The Balaban J connectivity index is 6.33. The third kappa shape index (κ3) is 4.58. The second-order valence-corrected chi connectivity index (χ2v) is 4.70. The molecule has 0 aromatic rings. The van der Waals surface area contributed by atoms with Crippen molar-refractivity contribution in [2.75, 3.05) is 0 Å². The second-order valence-electron chi connectivity index (χ2n) is 4.22. The molecule has 1 N–H and O–H groups in total. The molecule has 0 aliphatic carbocycles. The molecule has 0 saturated carbocycles. The molecule has 0 aromatic carbocycles. The average Bonchev–Trinajstić information content (AvgIpc) is 2.33. The zero-order valence-electron chi connectivity index (χ0n) is 11.3. The smallest absolute Gasteiger partial charge is 0.460 e. The lowest BCUT2D eigenvalue weighted by Gasteiger charge is -2.38. The van der Waals surface area contributed by atoms with Gasteiger partial charge in [-0.15, -0.1) is 0 Å². The normalized spacial score (nSPS) is 17.6. The van der Waals surface area contributed by atoms with Crippen molar-refractivity contribution in [3.05, 3.63) is 0 Å². The summed E-state index contributed by atoms with van der Waals surface area (Å²) in [5.74, 6) is -18.8. The van der Waals surface area contributed by atoms with Gasteiger partial charge in [0.25, 0.3) is 0 Å². The molecular formula is C8HClF14O4. The van der Waals surface area contributed by atoms with Crippen LogP contribution in [0.25, 0.3) is 0 Å². The molecule has 0 amide bonds. The molecular weight excluding hydrogens is 462 g/mol. The number of carboxylic acid groups (broad SMARTS) is 1. The first kappa shape index (κ1) is 25.7. The maximum absolute atomic E-state index is 13.4. The van der Waals surface area contributed by atoms with Gasteiger partial charge in [-0.05, 0) is 11.6 Å². The predicted molar refractivity (Wildman–Crippen MR) is 50.3 cm³/mol. The van der Waals surface area contributed by atoms with Gasteiger partial charge in [0.2, 0.25) is 0 Å². The summed E-state index contributed by atoms with van der Waals surface area (Å²) in [5.41, 5.74) is 0. The Morgan fingerprint density at radius 3 is 1.33 bits per heavy atom. The molecule has 0 aliphatic rings. The van der Waals surface area contributed by atoms with Crippen molar-refractivity contribution >= 4 is 17.6 Å². The van der Waals surface area contributed by atoms with E-state index in [1.165, 1.54) is 4.74 Å². The molecule has 4 nitrogen and oxygen atoms in total. The van der Waals surface area contributed by atoms with Crippen molar-refractivity contribution in [1.82, 2.24) is 0 Å². The highest BCUT2D eigenvalue weighted by Crippen LogP contribution is 2.56. The van der Waals surface area contributed by atoms with E-state index in [1.54, 1.807) is 4.74 Å². The Bertz CT molecular complexity index is 568. The summed E-state index contributed by atoms with van der Waals surface area (Å²) in [7, 11) is 0. The summed E-state index contributed by atoms with van der Waals surface area (Å²) in [6, 6.07) is 0. The maximum Gasteiger partial charge on any atom is 0.460 e. The van der Waals surface area contributed by atoms with Crippen LogP contribution in [-0.4, -0.2) is 52.7 Å². The number of ether oxygens (including phenoxy) is 2. The highest BCUT2D eigenvalue weighted by molar-refractivity contribution is 6.22. The van der Waals surface area contributed by atoms with E-state index in [0.29, 0.717) is 0 Å². The lowest BCUT2D eigenvalue weighted by atomic mass is 10.2. The van der Waals surface area contributed by atoms with E-state index in [1.807, 2.05) is 0 Å². The number of halogens is 15. The number of carboxylic acids is 1. The Hall–Kier alpha value is -1.30. The quantitative estimate of drug-likeness (QED) is 0.424. The van der Waals surface area contributed by atoms with Gasteiger partial charge in [-0.1, -0.05) is 0 Å². The SMILES string of the molecule is O=C(O)C(F)(F)OC(F)(F)C(F)(OC(F)(F)C(F)(F)C(F)(F)Cl)C(F)(F)F. The molecule has 0 fully saturated rings. The number of rotatable bonds is 8. The Morgan fingerprint density at radius 1 is 0.704 bits per heavy atom. The highest BCUT2D eigenvalue weighted by atomic mass is 35.5. The third-order valence-electron chi connectivity index (χ3n) is 2.23. The highest BCUT2D eigenvalue weighted by Gasteiger charge is 2.84. The summed E-state index contributed by atoms with van der Waals surface area (Å²) >= 11 is 3.45. The van der Waals surface area contributed by atoms with Gasteiger partial charge in [0.1, 0.15) is 0 Å². The van der Waals surface area contributed by atoms with Crippen molar-refractivity contribution in [3.8, 4) is 0 Å². The van der Waals surface area contributed by atoms with Gasteiger partial charge in [0.15, 0.2) is 0 Å². The van der Waals surface area contributed by atoms with Crippen LogP contribution in [0.5, 0.6) is 0 Å². The molecule has 0 heterocycles. The van der Waals surface area contributed by atoms with Crippen LogP contribution in [0.3, 0.4) is 0 Å². The van der Waals surface area contributed by atoms with Crippen LogP contribution in [0.2, 0.25) is 0 Å². The topological polar surface area (TPSA) is 55.8 Å². The van der Waals surface area contributed by atoms with E-state index in [0.717, 1.165) is 0 Å². The van der Waals surface area contributed by atoms with E-state index >= 15 is 0 Å². The molecule has 0 aromatic heterocycles. The lowest BCUT2D eigenvalue weighted by molar-refractivity contribution is -0.540. The number of hydrogen-bond donors (Lipinski definition) is 1. The van der Waals surface area contributed by atoms with E-state index in [-0.39, 0.29) is 0 Å².